The molecule has 0 aliphatic rings. The maximum Gasteiger partial charge on any atom is 0.0200 e. The van der Waals surface area contributed by atoms with Crippen molar-refractivity contribution in [3.63, 3.8) is 0 Å². The molecule has 34 valence electrons. The lowest BCUT2D eigenvalue weighted by Crippen LogP contribution is -2.00. The van der Waals surface area contributed by atoms with Crippen LogP contribution in [0.4, 0.5) is 0 Å². The zero-order valence-corrected chi connectivity index (χ0v) is 4.20. The highest BCUT2D eigenvalue weighted by Gasteiger charge is 1.73. The number of thiol groups is 1. The van der Waals surface area contributed by atoms with Crippen LogP contribution < -0.4 is 0 Å². The maximum absolute atomic E-state index is 9.77. The van der Waals surface area contributed by atoms with E-state index in [0.717, 1.165) is 0 Å². The molecule has 5 heavy (non-hydrogen) atoms. The Bertz CT molecular complexity index is 53.8. The van der Waals surface area contributed by atoms with Crippen LogP contribution in [0.3, 0.4) is 0 Å². The average molecular weight is 96.2 g/mol. The highest BCUT2D eigenvalue weighted by molar-refractivity contribution is 7.96. The van der Waals surface area contributed by atoms with Gasteiger partial charge in [0.25, 0.3) is 0 Å². The first-order valence-corrected chi connectivity index (χ1v) is 3.83. The summed E-state index contributed by atoms with van der Waals surface area (Å²) in [6, 6.07) is 0. The molecule has 0 unspecified atom stereocenters. The Balaban J connectivity index is 3.47. The fraction of sp³-hybridized carbons (Fsp3) is 1.00. The molecule has 0 spiro atoms. The summed E-state index contributed by atoms with van der Waals surface area (Å²) in [7, 11) is -2.64. The van der Waals surface area contributed by atoms with Crippen LogP contribution in [0.5, 0.6) is 0 Å². The second-order valence-corrected chi connectivity index (χ2v) is 3.88. The Morgan fingerprint density at radius 2 is 1.60 bits per heavy atom. The molecule has 0 saturated heterocycles. The SMILES string of the molecule is C[SH](C)(=O)O. The molecule has 0 aliphatic heterocycles. The minimum Gasteiger partial charge on any atom is -0.306 e. The Hall–Kier alpha value is 0.110. The van der Waals surface area contributed by atoms with E-state index in [4.69, 9.17) is 4.55 Å². The zero-order chi connectivity index (χ0) is 4.50. The van der Waals surface area contributed by atoms with Crippen LogP contribution in [0.25, 0.3) is 0 Å². The van der Waals surface area contributed by atoms with E-state index in [1.807, 2.05) is 0 Å². The van der Waals surface area contributed by atoms with Gasteiger partial charge in [0.1, 0.15) is 0 Å². The van der Waals surface area contributed by atoms with Crippen molar-refractivity contribution in [1.29, 1.82) is 0 Å². The van der Waals surface area contributed by atoms with Gasteiger partial charge in [-0.2, -0.15) is 10.2 Å². The molecule has 2 nitrogen and oxygen atoms in total. The van der Waals surface area contributed by atoms with Gasteiger partial charge >= 0.3 is 0 Å². The third-order valence-electron chi connectivity index (χ3n) is 0. The predicted molar refractivity (Wildman–Crippen MR) is 24.0 cm³/mol. The fourth-order valence-corrected chi connectivity index (χ4v) is 0. The quantitative estimate of drug-likeness (QED) is 0.407. The lowest BCUT2D eigenvalue weighted by atomic mass is 11.9. The molecule has 1 N–H and O–H groups in total. The van der Waals surface area contributed by atoms with Crippen molar-refractivity contribution in [2.75, 3.05) is 12.5 Å². The van der Waals surface area contributed by atoms with E-state index in [0.29, 0.717) is 0 Å². The van der Waals surface area contributed by atoms with E-state index in [1.165, 1.54) is 12.5 Å². The Labute approximate surface area is 32.4 Å². The highest BCUT2D eigenvalue weighted by atomic mass is 32.3. The van der Waals surface area contributed by atoms with Crippen molar-refractivity contribution >= 4 is 10.2 Å². The maximum atomic E-state index is 9.77. The molecule has 0 atom stereocenters. The summed E-state index contributed by atoms with van der Waals surface area (Å²) in [5.41, 5.74) is 0. The van der Waals surface area contributed by atoms with Crippen molar-refractivity contribution < 1.29 is 8.76 Å². The summed E-state index contributed by atoms with van der Waals surface area (Å²) in [6.07, 6.45) is 2.60. The second kappa shape index (κ2) is 1.06. The van der Waals surface area contributed by atoms with E-state index in [2.05, 4.69) is 0 Å². The molecule has 3 heteroatoms. The Kier molecular flexibility index (Phi) is 1.09. The van der Waals surface area contributed by atoms with E-state index < -0.39 is 10.2 Å². The topological polar surface area (TPSA) is 37.3 Å². The minimum atomic E-state index is -2.64. The van der Waals surface area contributed by atoms with E-state index in [9.17, 15) is 4.21 Å². The summed E-state index contributed by atoms with van der Waals surface area (Å²) in [6.45, 7) is 0. The lowest BCUT2D eigenvalue weighted by Gasteiger charge is -2.03. The Morgan fingerprint density at radius 1 is 1.60 bits per heavy atom. The number of hydrogen-bond acceptors (Lipinski definition) is 1. The van der Waals surface area contributed by atoms with Crippen LogP contribution in [0.2, 0.25) is 0 Å². The van der Waals surface area contributed by atoms with Crippen LogP contribution in [-0.2, 0) is 10.2 Å². The third-order valence-corrected chi connectivity index (χ3v) is 0. The van der Waals surface area contributed by atoms with Gasteiger partial charge in [-0.05, 0) is 0 Å². The average Bonchev–Trinajstić information content (AvgIpc) is 0.722. The van der Waals surface area contributed by atoms with Gasteiger partial charge in [-0.1, -0.05) is 0 Å². The molecule has 0 aliphatic carbocycles. The number of rotatable bonds is 0. The molecule has 0 fully saturated rings. The zero-order valence-electron chi connectivity index (χ0n) is 3.30. The smallest absolute Gasteiger partial charge is 0.0200 e. The molecule has 0 bridgehead atoms. The largest absolute Gasteiger partial charge is 0.306 e. The first kappa shape index (κ1) is 5.11. The monoisotopic (exact) mass is 96.0 g/mol. The van der Waals surface area contributed by atoms with Crippen LogP contribution in [0.15, 0.2) is 0 Å². The second-order valence-electron chi connectivity index (χ2n) is 1.29. The van der Waals surface area contributed by atoms with E-state index in [1.54, 1.807) is 0 Å². The van der Waals surface area contributed by atoms with E-state index >= 15 is 0 Å². The molecule has 0 aromatic rings. The fourth-order valence-electron chi connectivity index (χ4n) is 0. The molecular formula is C2H8O2S. The summed E-state index contributed by atoms with van der Waals surface area (Å²) in [4.78, 5) is 0. The van der Waals surface area contributed by atoms with Crippen LogP contribution in [0, 0.1) is 0 Å². The third kappa shape index (κ3) is 1510. The van der Waals surface area contributed by atoms with Gasteiger partial charge in [0.2, 0.25) is 0 Å². The summed E-state index contributed by atoms with van der Waals surface area (Å²) >= 11 is 0. The molecule has 0 aromatic heterocycles. The van der Waals surface area contributed by atoms with Crippen molar-refractivity contribution in [3.8, 4) is 0 Å². The summed E-state index contributed by atoms with van der Waals surface area (Å²) < 4.78 is 17.8. The van der Waals surface area contributed by atoms with Gasteiger partial charge in [-0.15, -0.1) is 0 Å². The number of hydrogen-bond donors (Lipinski definition) is 2. The minimum absolute atomic E-state index is 1.30. The highest BCUT2D eigenvalue weighted by Crippen LogP contribution is 1.75. The van der Waals surface area contributed by atoms with E-state index in [-0.39, 0.29) is 0 Å². The molecule has 0 amide bonds. The lowest BCUT2D eigenvalue weighted by molar-refractivity contribution is 0.554. The Morgan fingerprint density at radius 3 is 1.60 bits per heavy atom. The van der Waals surface area contributed by atoms with Crippen LogP contribution in [-0.4, -0.2) is 21.3 Å². The van der Waals surface area contributed by atoms with Crippen molar-refractivity contribution in [3.05, 3.63) is 0 Å². The molecular weight excluding hydrogens is 88.1 g/mol. The molecule has 0 rings (SSSR count). The van der Waals surface area contributed by atoms with Gasteiger partial charge < -0.3 is 4.55 Å². The van der Waals surface area contributed by atoms with Gasteiger partial charge in [0, 0.05) is 12.5 Å². The van der Waals surface area contributed by atoms with Crippen molar-refractivity contribution in [2.45, 2.75) is 0 Å². The van der Waals surface area contributed by atoms with Crippen LogP contribution >= 0.6 is 0 Å². The van der Waals surface area contributed by atoms with Crippen LogP contribution in [0.1, 0.15) is 0 Å². The molecule has 0 radical (unpaired) electrons. The van der Waals surface area contributed by atoms with Crippen molar-refractivity contribution in [1.82, 2.24) is 0 Å². The summed E-state index contributed by atoms with van der Waals surface area (Å²) in [5, 5.41) is 0. The van der Waals surface area contributed by atoms with Gasteiger partial charge in [0.15, 0.2) is 0 Å². The van der Waals surface area contributed by atoms with Crippen molar-refractivity contribution in [2.24, 2.45) is 0 Å². The summed E-state index contributed by atoms with van der Waals surface area (Å²) in [5.74, 6) is 0. The normalized spacial score (nSPS) is 15.0. The van der Waals surface area contributed by atoms with Gasteiger partial charge in [0.05, 0.1) is 0 Å². The molecule has 0 aromatic carbocycles. The first-order valence-electron chi connectivity index (χ1n) is 1.28. The van der Waals surface area contributed by atoms with Gasteiger partial charge in [-0.3, -0.25) is 0 Å². The first-order chi connectivity index (χ1) is 2.00. The standard InChI is InChI=1S/C2H8O2S/c1-5(2,3)4/h5H,1-2H3,(H,3,4). The molecule has 0 heterocycles. The predicted octanol–water partition coefficient (Wildman–Crippen LogP) is -0.264. The molecule has 0 saturated carbocycles. The van der Waals surface area contributed by atoms with Gasteiger partial charge in [-0.25, -0.2) is 4.21 Å².